The maximum absolute atomic E-state index is 5.90. The number of fused-ring (bicyclic) bond motifs is 1. The fourth-order valence-electron chi connectivity index (χ4n) is 2.43. The van der Waals surface area contributed by atoms with Gasteiger partial charge >= 0.3 is 0 Å². The highest BCUT2D eigenvalue weighted by molar-refractivity contribution is 6.30. The number of hydrogen-bond donors (Lipinski definition) is 0. The Morgan fingerprint density at radius 2 is 1.67 bits per heavy atom. The molecule has 6 nitrogen and oxygen atoms in total. The van der Waals surface area contributed by atoms with Crippen molar-refractivity contribution in [1.82, 2.24) is 30.2 Å². The van der Waals surface area contributed by atoms with Crippen molar-refractivity contribution in [2.45, 2.75) is 13.5 Å². The van der Waals surface area contributed by atoms with Crippen LogP contribution in [0.1, 0.15) is 11.4 Å². The number of hydrogen-bond acceptors (Lipinski definition) is 5. The van der Waals surface area contributed by atoms with Gasteiger partial charge in [-0.25, -0.2) is 9.97 Å². The molecule has 0 aliphatic heterocycles. The predicted octanol–water partition coefficient (Wildman–Crippen LogP) is 3.29. The second-order valence-corrected chi connectivity index (χ2v) is 5.83. The van der Waals surface area contributed by atoms with E-state index < -0.39 is 0 Å². The van der Waals surface area contributed by atoms with Crippen LogP contribution in [0.15, 0.2) is 48.5 Å². The summed E-state index contributed by atoms with van der Waals surface area (Å²) in [5, 5.41) is 13.3. The molecule has 0 aliphatic rings. The molecular weight excluding hydrogens is 324 g/mol. The van der Waals surface area contributed by atoms with E-state index in [1.807, 2.05) is 43.3 Å². The second kappa shape index (κ2) is 5.98. The highest BCUT2D eigenvalue weighted by Crippen LogP contribution is 2.17. The van der Waals surface area contributed by atoms with Crippen LogP contribution >= 0.6 is 11.6 Å². The summed E-state index contributed by atoms with van der Waals surface area (Å²) in [5.74, 6) is 0.554. The molecule has 0 radical (unpaired) electrons. The minimum atomic E-state index is 0.421. The maximum Gasteiger partial charge on any atom is 0.204 e. The van der Waals surface area contributed by atoms with Gasteiger partial charge in [0.15, 0.2) is 0 Å². The molecule has 0 saturated heterocycles. The molecule has 0 aliphatic carbocycles. The van der Waals surface area contributed by atoms with E-state index in [0.29, 0.717) is 17.4 Å². The van der Waals surface area contributed by atoms with Gasteiger partial charge < -0.3 is 0 Å². The third-order valence-corrected chi connectivity index (χ3v) is 3.94. The second-order valence-electron chi connectivity index (χ2n) is 5.39. The first-order valence-corrected chi connectivity index (χ1v) is 7.83. The lowest BCUT2D eigenvalue weighted by Crippen LogP contribution is -2.08. The average molecular weight is 337 g/mol. The number of rotatable bonds is 3. The maximum atomic E-state index is 5.90. The smallest absolute Gasteiger partial charge is 0.204 e. The third kappa shape index (κ3) is 2.83. The average Bonchev–Trinajstić information content (AvgIpc) is 3.05. The normalized spacial score (nSPS) is 11.1. The highest BCUT2D eigenvalue weighted by atomic mass is 35.5. The van der Waals surface area contributed by atoms with Crippen molar-refractivity contribution in [1.29, 1.82) is 0 Å². The minimum Gasteiger partial charge on any atom is -0.250 e. The SMILES string of the molecule is Cc1nc2ccccc2nc1Cn1nnc(-c2ccc(Cl)cc2)n1. The molecule has 0 saturated carbocycles. The van der Waals surface area contributed by atoms with Crippen LogP contribution in [0.2, 0.25) is 5.02 Å². The first-order valence-electron chi connectivity index (χ1n) is 7.45. The van der Waals surface area contributed by atoms with Crippen molar-refractivity contribution < 1.29 is 0 Å². The molecule has 0 amide bonds. The van der Waals surface area contributed by atoms with Crippen LogP contribution in [-0.4, -0.2) is 30.2 Å². The molecule has 2 aromatic carbocycles. The van der Waals surface area contributed by atoms with Crippen LogP contribution in [0.5, 0.6) is 0 Å². The number of aromatic nitrogens is 6. The van der Waals surface area contributed by atoms with E-state index in [9.17, 15) is 0 Å². The van der Waals surface area contributed by atoms with Gasteiger partial charge in [-0.05, 0) is 48.5 Å². The minimum absolute atomic E-state index is 0.421. The van der Waals surface area contributed by atoms with Gasteiger partial charge in [-0.2, -0.15) is 4.80 Å². The summed E-state index contributed by atoms with van der Waals surface area (Å²) in [6.07, 6.45) is 0. The Labute approximate surface area is 143 Å². The molecule has 0 atom stereocenters. The summed E-state index contributed by atoms with van der Waals surface area (Å²) in [5.41, 5.74) is 4.29. The Morgan fingerprint density at radius 3 is 2.42 bits per heavy atom. The third-order valence-electron chi connectivity index (χ3n) is 3.69. The number of halogens is 1. The summed E-state index contributed by atoms with van der Waals surface area (Å²) in [6, 6.07) is 15.1. The van der Waals surface area contributed by atoms with Gasteiger partial charge in [0.05, 0.1) is 22.4 Å². The molecule has 4 aromatic rings. The number of nitrogens with zero attached hydrogens (tertiary/aromatic N) is 6. The molecule has 0 unspecified atom stereocenters. The fraction of sp³-hybridized carbons (Fsp3) is 0.118. The number of aryl methyl sites for hydroxylation is 1. The zero-order valence-corrected chi connectivity index (χ0v) is 13.6. The van der Waals surface area contributed by atoms with E-state index >= 15 is 0 Å². The van der Waals surface area contributed by atoms with Crippen molar-refractivity contribution in [2.24, 2.45) is 0 Å². The van der Waals surface area contributed by atoms with E-state index in [1.54, 1.807) is 12.1 Å². The van der Waals surface area contributed by atoms with E-state index in [1.165, 1.54) is 4.80 Å². The molecule has 7 heteroatoms. The van der Waals surface area contributed by atoms with Crippen LogP contribution in [0.4, 0.5) is 0 Å². The van der Waals surface area contributed by atoms with Gasteiger partial charge in [0, 0.05) is 10.6 Å². The standard InChI is InChI=1S/C17H13ClN6/c1-11-16(20-15-5-3-2-4-14(15)19-11)10-24-22-17(21-23-24)12-6-8-13(18)9-7-12/h2-9H,10H2,1H3. The molecule has 0 bridgehead atoms. The van der Waals surface area contributed by atoms with Crippen molar-refractivity contribution >= 4 is 22.6 Å². The Hall–Kier alpha value is -2.86. The Kier molecular flexibility index (Phi) is 3.66. The van der Waals surface area contributed by atoms with E-state index in [0.717, 1.165) is 28.0 Å². The zero-order valence-electron chi connectivity index (χ0n) is 12.9. The van der Waals surface area contributed by atoms with Crippen molar-refractivity contribution in [3.8, 4) is 11.4 Å². The van der Waals surface area contributed by atoms with Gasteiger partial charge in [-0.15, -0.1) is 10.2 Å². The van der Waals surface area contributed by atoms with Crippen LogP contribution in [-0.2, 0) is 6.54 Å². The fourth-order valence-corrected chi connectivity index (χ4v) is 2.56. The van der Waals surface area contributed by atoms with Gasteiger partial charge in [-0.1, -0.05) is 23.7 Å². The molecular formula is C17H13ClN6. The largest absolute Gasteiger partial charge is 0.250 e. The summed E-state index contributed by atoms with van der Waals surface area (Å²) < 4.78 is 0. The molecule has 0 fully saturated rings. The number of benzene rings is 2. The monoisotopic (exact) mass is 336 g/mol. The molecule has 118 valence electrons. The Bertz CT molecular complexity index is 1010. The Balaban J connectivity index is 1.64. The van der Waals surface area contributed by atoms with Crippen molar-refractivity contribution in [3.63, 3.8) is 0 Å². The summed E-state index contributed by atoms with van der Waals surface area (Å²) in [7, 11) is 0. The van der Waals surface area contributed by atoms with Crippen LogP contribution < -0.4 is 0 Å². The van der Waals surface area contributed by atoms with E-state index in [2.05, 4.69) is 25.4 Å². The summed E-state index contributed by atoms with van der Waals surface area (Å²) >= 11 is 5.90. The predicted molar refractivity (Wildman–Crippen MR) is 91.6 cm³/mol. The summed E-state index contributed by atoms with van der Waals surface area (Å²) in [4.78, 5) is 10.8. The lowest BCUT2D eigenvalue weighted by atomic mass is 10.2. The van der Waals surface area contributed by atoms with Crippen LogP contribution in [0.25, 0.3) is 22.4 Å². The van der Waals surface area contributed by atoms with Gasteiger partial charge in [-0.3, -0.25) is 0 Å². The van der Waals surface area contributed by atoms with Gasteiger partial charge in [0.1, 0.15) is 6.54 Å². The van der Waals surface area contributed by atoms with Crippen LogP contribution in [0.3, 0.4) is 0 Å². The topological polar surface area (TPSA) is 69.4 Å². The molecule has 0 spiro atoms. The molecule has 4 rings (SSSR count). The quantitative estimate of drug-likeness (QED) is 0.574. The van der Waals surface area contributed by atoms with Crippen LogP contribution in [0, 0.1) is 6.92 Å². The summed E-state index contributed by atoms with van der Waals surface area (Å²) in [6.45, 7) is 2.36. The lowest BCUT2D eigenvalue weighted by molar-refractivity contribution is 0.562. The number of tetrazole rings is 1. The van der Waals surface area contributed by atoms with Gasteiger partial charge in [0.2, 0.25) is 5.82 Å². The van der Waals surface area contributed by atoms with E-state index in [-0.39, 0.29) is 0 Å². The molecule has 0 N–H and O–H groups in total. The molecule has 24 heavy (non-hydrogen) atoms. The first kappa shape index (κ1) is 14.7. The number of para-hydroxylation sites is 2. The molecule has 2 aromatic heterocycles. The zero-order chi connectivity index (χ0) is 16.5. The first-order chi connectivity index (χ1) is 11.7. The van der Waals surface area contributed by atoms with E-state index in [4.69, 9.17) is 11.6 Å². The van der Waals surface area contributed by atoms with Gasteiger partial charge in [0.25, 0.3) is 0 Å². The van der Waals surface area contributed by atoms with Crippen molar-refractivity contribution in [3.05, 3.63) is 64.9 Å². The Morgan fingerprint density at radius 1 is 0.958 bits per heavy atom. The molecule has 2 heterocycles. The lowest BCUT2D eigenvalue weighted by Gasteiger charge is -2.05. The van der Waals surface area contributed by atoms with Crippen molar-refractivity contribution in [2.75, 3.05) is 0 Å². The highest BCUT2D eigenvalue weighted by Gasteiger charge is 2.10.